The van der Waals surface area contributed by atoms with Crippen LogP contribution in [0.1, 0.15) is 56.7 Å². The average Bonchev–Trinajstić information content (AvgIpc) is 3.29. The number of hydrogen-bond acceptors (Lipinski definition) is 4. The number of aryl methyl sites for hydroxylation is 2. The predicted molar refractivity (Wildman–Crippen MR) is 101 cm³/mol. The number of amides is 1. The lowest BCUT2D eigenvalue weighted by molar-refractivity contribution is 0.0740. The van der Waals surface area contributed by atoms with Crippen LogP contribution in [0.5, 0.6) is 0 Å². The van der Waals surface area contributed by atoms with E-state index in [2.05, 4.69) is 47.1 Å². The molecule has 25 heavy (non-hydrogen) atoms. The third-order valence-corrected chi connectivity index (χ3v) is 6.40. The fourth-order valence-corrected chi connectivity index (χ4v) is 5.26. The molecule has 0 saturated carbocycles. The molecule has 3 heterocycles. The van der Waals surface area contributed by atoms with Crippen LogP contribution in [0.3, 0.4) is 0 Å². The molecule has 1 amide bonds. The van der Waals surface area contributed by atoms with Gasteiger partial charge in [-0.15, -0.1) is 11.3 Å². The van der Waals surface area contributed by atoms with Gasteiger partial charge in [-0.3, -0.25) is 9.78 Å². The lowest BCUT2D eigenvalue weighted by Crippen LogP contribution is -2.30. The topological polar surface area (TPSA) is 36.4 Å². The molecular weight excluding hydrogens is 330 g/mol. The molecule has 1 aliphatic heterocycles. The summed E-state index contributed by atoms with van der Waals surface area (Å²) in [5.74, 6) is 0.216. The number of likely N-dealkylation sites (tertiary alicyclic amines) is 1. The van der Waals surface area contributed by atoms with E-state index in [1.807, 2.05) is 6.20 Å². The second-order valence-corrected chi connectivity index (χ2v) is 8.52. The summed E-state index contributed by atoms with van der Waals surface area (Å²) >= 11 is 1.72. The van der Waals surface area contributed by atoms with Gasteiger partial charge in [-0.2, -0.15) is 0 Å². The maximum Gasteiger partial charge on any atom is 0.264 e. The first-order valence-electron chi connectivity index (χ1n) is 9.14. The molecule has 0 spiro atoms. The van der Waals surface area contributed by atoms with Gasteiger partial charge in [-0.05, 0) is 75.5 Å². The minimum absolute atomic E-state index is 0.188. The third kappa shape index (κ3) is 3.35. The van der Waals surface area contributed by atoms with Crippen LogP contribution in [0.2, 0.25) is 0 Å². The quantitative estimate of drug-likeness (QED) is 0.840. The molecular formula is C20H25N3OS. The number of nitrogens with zero attached hydrogens (tertiary/aromatic N) is 3. The van der Waals surface area contributed by atoms with E-state index < -0.39 is 0 Å². The summed E-state index contributed by atoms with van der Waals surface area (Å²) < 4.78 is 0. The first-order valence-corrected chi connectivity index (χ1v) is 9.95. The van der Waals surface area contributed by atoms with Crippen LogP contribution in [0.15, 0.2) is 24.4 Å². The molecule has 0 unspecified atom stereocenters. The monoisotopic (exact) mass is 355 g/mol. The van der Waals surface area contributed by atoms with Crippen molar-refractivity contribution < 1.29 is 4.79 Å². The van der Waals surface area contributed by atoms with Crippen molar-refractivity contribution in [3.05, 3.63) is 51.0 Å². The first-order chi connectivity index (χ1) is 12.1. The van der Waals surface area contributed by atoms with Gasteiger partial charge in [-0.1, -0.05) is 0 Å². The molecule has 0 N–H and O–H groups in total. The van der Waals surface area contributed by atoms with Crippen molar-refractivity contribution in [3.63, 3.8) is 0 Å². The minimum Gasteiger partial charge on any atom is -0.331 e. The Morgan fingerprint density at radius 3 is 3.00 bits per heavy atom. The molecule has 1 saturated heterocycles. The fourth-order valence-electron chi connectivity index (χ4n) is 4.05. The van der Waals surface area contributed by atoms with Gasteiger partial charge in [0.1, 0.15) is 0 Å². The Morgan fingerprint density at radius 1 is 1.32 bits per heavy atom. The van der Waals surface area contributed by atoms with Crippen LogP contribution in [0.4, 0.5) is 0 Å². The zero-order valence-corrected chi connectivity index (χ0v) is 15.8. The molecule has 132 valence electrons. The van der Waals surface area contributed by atoms with E-state index in [1.54, 1.807) is 11.3 Å². The number of rotatable bonds is 4. The highest BCUT2D eigenvalue weighted by Crippen LogP contribution is 2.36. The van der Waals surface area contributed by atoms with Crippen LogP contribution in [-0.4, -0.2) is 41.3 Å². The Kier molecular flexibility index (Phi) is 4.61. The van der Waals surface area contributed by atoms with Crippen LogP contribution in [-0.2, 0) is 19.4 Å². The van der Waals surface area contributed by atoms with Crippen molar-refractivity contribution in [2.45, 2.75) is 44.7 Å². The summed E-state index contributed by atoms with van der Waals surface area (Å²) in [6.07, 6.45) is 7.54. The lowest BCUT2D eigenvalue weighted by atomic mass is 10.0. The third-order valence-electron chi connectivity index (χ3n) is 5.17. The molecule has 2 aliphatic rings. The normalized spacial score (nSPS) is 19.6. The Labute approximate surface area is 153 Å². The van der Waals surface area contributed by atoms with Crippen molar-refractivity contribution >= 4 is 17.2 Å². The molecule has 4 nitrogen and oxygen atoms in total. The van der Waals surface area contributed by atoms with Gasteiger partial charge in [0.05, 0.1) is 16.6 Å². The summed E-state index contributed by atoms with van der Waals surface area (Å²) in [4.78, 5) is 24.1. The molecule has 0 aromatic carbocycles. The SMILES string of the molecule is CN(C)Cc1cc([C@@H]2CCCN2C(=O)c2cc3c(s2)CCC3)ccn1. The second kappa shape index (κ2) is 6.89. The van der Waals surface area contributed by atoms with Crippen molar-refractivity contribution in [3.8, 4) is 0 Å². The maximum atomic E-state index is 13.1. The molecule has 1 atom stereocenters. The highest BCUT2D eigenvalue weighted by Gasteiger charge is 2.32. The summed E-state index contributed by atoms with van der Waals surface area (Å²) in [6.45, 7) is 1.68. The molecule has 2 aromatic heterocycles. The Morgan fingerprint density at radius 2 is 2.20 bits per heavy atom. The Bertz CT molecular complexity index is 761. The van der Waals surface area contributed by atoms with Crippen molar-refractivity contribution in [1.82, 2.24) is 14.8 Å². The zero-order valence-electron chi connectivity index (χ0n) is 15.0. The van der Waals surface area contributed by atoms with Crippen LogP contribution < -0.4 is 0 Å². The summed E-state index contributed by atoms with van der Waals surface area (Å²) in [5.41, 5.74) is 3.69. The number of carbonyl (C=O) groups is 1. The Hall–Kier alpha value is -1.72. The van der Waals surface area contributed by atoms with E-state index in [0.717, 1.165) is 49.3 Å². The van der Waals surface area contributed by atoms with Crippen molar-refractivity contribution in [2.75, 3.05) is 20.6 Å². The van der Waals surface area contributed by atoms with Gasteiger partial charge < -0.3 is 9.80 Å². The van der Waals surface area contributed by atoms with Gasteiger partial charge in [0.25, 0.3) is 5.91 Å². The second-order valence-electron chi connectivity index (χ2n) is 7.39. The van der Waals surface area contributed by atoms with Crippen LogP contribution in [0, 0.1) is 0 Å². The standard InChI is InChI=1S/C20H25N3OS/c1-22(2)13-16-11-14(8-9-21-16)17-6-4-10-23(17)20(24)19-12-15-5-3-7-18(15)25-19/h8-9,11-12,17H,3-7,10,13H2,1-2H3/t17-/m0/s1. The summed E-state index contributed by atoms with van der Waals surface area (Å²) in [6, 6.07) is 6.58. The number of carbonyl (C=O) groups excluding carboxylic acids is 1. The first kappa shape index (κ1) is 16.7. The molecule has 0 bridgehead atoms. The number of aromatic nitrogens is 1. The maximum absolute atomic E-state index is 13.1. The largest absolute Gasteiger partial charge is 0.331 e. The molecule has 2 aromatic rings. The number of pyridine rings is 1. The smallest absolute Gasteiger partial charge is 0.264 e. The van der Waals surface area contributed by atoms with Crippen molar-refractivity contribution in [2.24, 2.45) is 0 Å². The molecule has 0 radical (unpaired) electrons. The highest BCUT2D eigenvalue weighted by molar-refractivity contribution is 7.14. The van der Waals surface area contributed by atoms with E-state index in [9.17, 15) is 4.79 Å². The van der Waals surface area contributed by atoms with E-state index in [0.29, 0.717) is 0 Å². The van der Waals surface area contributed by atoms with Gasteiger partial charge in [0.2, 0.25) is 0 Å². The van der Waals surface area contributed by atoms with E-state index in [-0.39, 0.29) is 11.9 Å². The van der Waals surface area contributed by atoms with Gasteiger partial charge in [0.15, 0.2) is 0 Å². The van der Waals surface area contributed by atoms with Gasteiger partial charge in [-0.25, -0.2) is 0 Å². The van der Waals surface area contributed by atoms with Gasteiger partial charge in [0, 0.05) is 24.2 Å². The number of thiophene rings is 1. The minimum atomic E-state index is 0.188. The average molecular weight is 356 g/mol. The summed E-state index contributed by atoms with van der Waals surface area (Å²) in [5, 5.41) is 0. The fraction of sp³-hybridized carbons (Fsp3) is 0.500. The van der Waals surface area contributed by atoms with Crippen molar-refractivity contribution in [1.29, 1.82) is 0 Å². The highest BCUT2D eigenvalue weighted by atomic mass is 32.1. The summed E-state index contributed by atoms with van der Waals surface area (Å²) in [7, 11) is 4.10. The number of fused-ring (bicyclic) bond motifs is 1. The van der Waals surface area contributed by atoms with Gasteiger partial charge >= 0.3 is 0 Å². The van der Waals surface area contributed by atoms with E-state index >= 15 is 0 Å². The molecule has 4 rings (SSSR count). The molecule has 5 heteroatoms. The predicted octanol–water partition coefficient (Wildman–Crippen LogP) is 3.67. The molecule has 1 fully saturated rings. The molecule has 1 aliphatic carbocycles. The zero-order chi connectivity index (χ0) is 17.4. The lowest BCUT2D eigenvalue weighted by Gasteiger charge is -2.25. The van der Waals surface area contributed by atoms with Crippen LogP contribution >= 0.6 is 11.3 Å². The van der Waals surface area contributed by atoms with Crippen LogP contribution in [0.25, 0.3) is 0 Å². The Balaban J connectivity index is 1.56. The van der Waals surface area contributed by atoms with E-state index in [4.69, 9.17) is 0 Å². The number of hydrogen-bond donors (Lipinski definition) is 0. The van der Waals surface area contributed by atoms with E-state index in [1.165, 1.54) is 22.4 Å².